The lowest BCUT2D eigenvalue weighted by Crippen LogP contribution is -2.45. The van der Waals surface area contributed by atoms with E-state index < -0.39 is 0 Å². The van der Waals surface area contributed by atoms with Gasteiger partial charge in [-0.1, -0.05) is 30.7 Å². The highest BCUT2D eigenvalue weighted by Gasteiger charge is 2.16. The number of carbonyl (C=O) groups is 1. The maximum absolute atomic E-state index is 11.9. The van der Waals surface area contributed by atoms with E-state index in [1.165, 1.54) is 0 Å². The number of aromatic nitrogens is 2. The first-order valence-corrected chi connectivity index (χ1v) is 7.91. The Balaban J connectivity index is 2.04. The Morgan fingerprint density at radius 2 is 2.13 bits per heavy atom. The van der Waals surface area contributed by atoms with E-state index in [0.717, 1.165) is 5.56 Å². The Hall–Kier alpha value is -2.05. The Morgan fingerprint density at radius 3 is 2.70 bits per heavy atom. The summed E-state index contributed by atoms with van der Waals surface area (Å²) in [6.45, 7) is 2.20. The normalized spacial score (nSPS) is 13.3. The Kier molecular flexibility index (Phi) is 6.43. The molecular weight excluding hydrogens is 316 g/mol. The lowest BCUT2D eigenvalue weighted by atomic mass is 10.1. The summed E-state index contributed by atoms with van der Waals surface area (Å²) in [5.41, 5.74) is 0.993. The Morgan fingerprint density at radius 1 is 1.39 bits per heavy atom. The number of urea groups is 1. The van der Waals surface area contributed by atoms with Gasteiger partial charge in [0.25, 0.3) is 0 Å². The minimum atomic E-state index is -0.308. The first-order chi connectivity index (χ1) is 11.1. The number of nitrogens with zero attached hydrogens (tertiary/aromatic N) is 2. The summed E-state index contributed by atoms with van der Waals surface area (Å²) in [6.07, 6.45) is 4.22. The fourth-order valence-electron chi connectivity index (χ4n) is 2.22. The van der Waals surface area contributed by atoms with E-state index in [4.69, 9.17) is 16.7 Å². The number of amides is 2. The number of rotatable bonds is 7. The summed E-state index contributed by atoms with van der Waals surface area (Å²) < 4.78 is 1.78. The summed E-state index contributed by atoms with van der Waals surface area (Å²) >= 11 is 5.93. The minimum Gasteiger partial charge on any atom is -0.394 e. The van der Waals surface area contributed by atoms with E-state index in [0.29, 0.717) is 18.0 Å². The van der Waals surface area contributed by atoms with Crippen molar-refractivity contribution in [2.75, 3.05) is 13.2 Å². The van der Waals surface area contributed by atoms with E-state index in [9.17, 15) is 4.79 Å². The van der Waals surface area contributed by atoms with Gasteiger partial charge in [0.05, 0.1) is 18.7 Å². The average Bonchev–Trinajstić information content (AvgIpc) is 3.08. The SMILES string of the molecule is CC[C@H](CO)NC(=O)NC[C@H](c1ccc(Cl)cc1)n1cccn1. The fourth-order valence-corrected chi connectivity index (χ4v) is 2.34. The van der Waals surface area contributed by atoms with Crippen molar-refractivity contribution in [2.45, 2.75) is 25.4 Å². The molecule has 0 aliphatic rings. The zero-order chi connectivity index (χ0) is 16.7. The highest BCUT2D eigenvalue weighted by Crippen LogP contribution is 2.19. The number of aliphatic hydroxyl groups excluding tert-OH is 1. The number of hydrogen-bond donors (Lipinski definition) is 3. The molecule has 0 spiro atoms. The quantitative estimate of drug-likeness (QED) is 0.725. The van der Waals surface area contributed by atoms with Gasteiger partial charge in [-0.05, 0) is 30.2 Å². The van der Waals surface area contributed by atoms with Gasteiger partial charge in [0.15, 0.2) is 0 Å². The Labute approximate surface area is 140 Å². The average molecular weight is 337 g/mol. The van der Waals surface area contributed by atoms with Gasteiger partial charge in [-0.3, -0.25) is 4.68 Å². The van der Waals surface area contributed by atoms with Crippen molar-refractivity contribution in [3.8, 4) is 0 Å². The van der Waals surface area contributed by atoms with Crippen molar-refractivity contribution < 1.29 is 9.90 Å². The molecule has 1 aromatic carbocycles. The molecule has 1 heterocycles. The summed E-state index contributed by atoms with van der Waals surface area (Å²) in [5.74, 6) is 0. The number of nitrogens with one attached hydrogen (secondary N) is 2. The second kappa shape index (κ2) is 8.55. The van der Waals surface area contributed by atoms with Crippen LogP contribution >= 0.6 is 11.6 Å². The van der Waals surface area contributed by atoms with Crippen molar-refractivity contribution in [1.29, 1.82) is 0 Å². The largest absolute Gasteiger partial charge is 0.394 e. The van der Waals surface area contributed by atoms with Crippen LogP contribution in [0.15, 0.2) is 42.7 Å². The fraction of sp³-hybridized carbons (Fsp3) is 0.375. The zero-order valence-corrected chi connectivity index (χ0v) is 13.7. The van der Waals surface area contributed by atoms with Gasteiger partial charge in [-0.25, -0.2) is 4.79 Å². The summed E-state index contributed by atoms with van der Waals surface area (Å²) in [7, 11) is 0. The topological polar surface area (TPSA) is 79.2 Å². The van der Waals surface area contributed by atoms with Crippen LogP contribution in [0, 0.1) is 0 Å². The molecule has 6 nitrogen and oxygen atoms in total. The van der Waals surface area contributed by atoms with E-state index in [-0.39, 0.29) is 24.7 Å². The van der Waals surface area contributed by atoms with Gasteiger partial charge in [0.1, 0.15) is 0 Å². The molecule has 0 aliphatic carbocycles. The lowest BCUT2D eigenvalue weighted by molar-refractivity contribution is 0.213. The van der Waals surface area contributed by atoms with Crippen LogP contribution in [-0.2, 0) is 0 Å². The van der Waals surface area contributed by atoms with Crippen LogP contribution in [0.4, 0.5) is 4.79 Å². The maximum atomic E-state index is 11.9. The summed E-state index contributed by atoms with van der Waals surface area (Å²) in [4.78, 5) is 11.9. The third-order valence-electron chi connectivity index (χ3n) is 3.60. The molecule has 2 atom stereocenters. The van der Waals surface area contributed by atoms with Crippen molar-refractivity contribution in [2.24, 2.45) is 0 Å². The van der Waals surface area contributed by atoms with Crippen LogP contribution < -0.4 is 10.6 Å². The van der Waals surface area contributed by atoms with Crippen LogP contribution in [0.3, 0.4) is 0 Å². The summed E-state index contributed by atoms with van der Waals surface area (Å²) in [5, 5.41) is 19.6. The molecule has 0 radical (unpaired) electrons. The standard InChI is InChI=1S/C16H21ClN4O2/c1-2-14(11-22)20-16(23)18-10-15(21-9-3-8-19-21)12-4-6-13(17)7-5-12/h3-9,14-15,22H,2,10-11H2,1H3,(H2,18,20,23)/t14-,15-/m1/s1. The van der Waals surface area contributed by atoms with Gasteiger partial charge in [-0.15, -0.1) is 0 Å². The second-order valence-electron chi connectivity index (χ2n) is 5.20. The van der Waals surface area contributed by atoms with Gasteiger partial charge < -0.3 is 15.7 Å². The van der Waals surface area contributed by atoms with Gasteiger partial charge in [0.2, 0.25) is 0 Å². The minimum absolute atomic E-state index is 0.0797. The first kappa shape index (κ1) is 17.3. The van der Waals surface area contributed by atoms with Crippen LogP contribution in [0.2, 0.25) is 5.02 Å². The molecule has 2 rings (SSSR count). The molecule has 0 unspecified atom stereocenters. The number of carbonyl (C=O) groups excluding carboxylic acids is 1. The van der Waals surface area contributed by atoms with Crippen molar-refractivity contribution >= 4 is 17.6 Å². The van der Waals surface area contributed by atoms with E-state index in [1.807, 2.05) is 43.5 Å². The smallest absolute Gasteiger partial charge is 0.315 e. The molecule has 7 heteroatoms. The molecule has 23 heavy (non-hydrogen) atoms. The molecule has 3 N–H and O–H groups in total. The van der Waals surface area contributed by atoms with Gasteiger partial charge in [0, 0.05) is 24.0 Å². The number of halogens is 1. The van der Waals surface area contributed by atoms with Crippen molar-refractivity contribution in [3.05, 3.63) is 53.3 Å². The number of benzene rings is 1. The monoisotopic (exact) mass is 336 g/mol. The molecule has 0 bridgehead atoms. The first-order valence-electron chi connectivity index (χ1n) is 7.53. The molecule has 0 aliphatic heterocycles. The molecule has 0 fully saturated rings. The highest BCUT2D eigenvalue weighted by atomic mass is 35.5. The predicted octanol–water partition coefficient (Wildman–Crippen LogP) is 2.20. The Bertz CT molecular complexity index is 597. The third-order valence-corrected chi connectivity index (χ3v) is 3.86. The zero-order valence-electron chi connectivity index (χ0n) is 12.9. The molecule has 1 aromatic heterocycles. The molecule has 0 saturated heterocycles. The van der Waals surface area contributed by atoms with Crippen LogP contribution in [-0.4, -0.2) is 40.1 Å². The van der Waals surface area contributed by atoms with E-state index >= 15 is 0 Å². The van der Waals surface area contributed by atoms with Crippen molar-refractivity contribution in [1.82, 2.24) is 20.4 Å². The third kappa shape index (κ3) is 4.97. The number of aliphatic hydroxyl groups is 1. The second-order valence-corrected chi connectivity index (χ2v) is 5.63. The summed E-state index contributed by atoms with van der Waals surface area (Å²) in [6, 6.07) is 8.60. The van der Waals surface area contributed by atoms with Gasteiger partial charge in [-0.2, -0.15) is 5.10 Å². The highest BCUT2D eigenvalue weighted by molar-refractivity contribution is 6.30. The molecular formula is C16H21ClN4O2. The van der Waals surface area contributed by atoms with E-state index in [1.54, 1.807) is 10.9 Å². The number of hydrogen-bond acceptors (Lipinski definition) is 3. The van der Waals surface area contributed by atoms with Crippen LogP contribution in [0.1, 0.15) is 24.9 Å². The molecule has 124 valence electrons. The van der Waals surface area contributed by atoms with Crippen LogP contribution in [0.25, 0.3) is 0 Å². The molecule has 2 aromatic rings. The molecule has 2 amide bonds. The van der Waals surface area contributed by atoms with E-state index in [2.05, 4.69) is 15.7 Å². The van der Waals surface area contributed by atoms with Crippen LogP contribution in [0.5, 0.6) is 0 Å². The predicted molar refractivity (Wildman–Crippen MR) is 89.5 cm³/mol. The van der Waals surface area contributed by atoms with Gasteiger partial charge >= 0.3 is 6.03 Å². The molecule has 0 saturated carbocycles. The maximum Gasteiger partial charge on any atom is 0.315 e. The lowest BCUT2D eigenvalue weighted by Gasteiger charge is -2.20. The van der Waals surface area contributed by atoms with Crippen molar-refractivity contribution in [3.63, 3.8) is 0 Å².